The highest BCUT2D eigenvalue weighted by Gasteiger charge is 2.16. The molecule has 4 nitrogen and oxygen atoms in total. The molecule has 0 fully saturated rings. The third-order valence-corrected chi connectivity index (χ3v) is 3.41. The normalized spacial score (nSPS) is 12.3. The van der Waals surface area contributed by atoms with Gasteiger partial charge >= 0.3 is 0 Å². The standard InChI is InChI=1S/C16H16N4/c1-12-7-9-18-11-14(12)16(17)15-8-10-19-20(15)13-5-3-2-4-6-13/h2-11,16H,17H2,1H3. The highest BCUT2D eigenvalue weighted by Crippen LogP contribution is 2.23. The van der Waals surface area contributed by atoms with Crippen LogP contribution < -0.4 is 5.73 Å². The van der Waals surface area contributed by atoms with Gasteiger partial charge in [0, 0.05) is 18.6 Å². The van der Waals surface area contributed by atoms with Crippen molar-refractivity contribution in [3.05, 3.63) is 77.9 Å². The Morgan fingerprint density at radius 1 is 1.05 bits per heavy atom. The molecule has 1 atom stereocenters. The first kappa shape index (κ1) is 12.6. The maximum Gasteiger partial charge on any atom is 0.0745 e. The molecule has 20 heavy (non-hydrogen) atoms. The first-order chi connectivity index (χ1) is 9.77. The van der Waals surface area contributed by atoms with E-state index < -0.39 is 0 Å². The van der Waals surface area contributed by atoms with Crippen LogP contribution in [-0.4, -0.2) is 14.8 Å². The molecule has 100 valence electrons. The van der Waals surface area contributed by atoms with E-state index in [0.29, 0.717) is 0 Å². The lowest BCUT2D eigenvalue weighted by atomic mass is 10.0. The van der Waals surface area contributed by atoms with Crippen LogP contribution in [0.2, 0.25) is 0 Å². The molecule has 0 aliphatic rings. The second kappa shape index (κ2) is 5.27. The largest absolute Gasteiger partial charge is 0.319 e. The summed E-state index contributed by atoms with van der Waals surface area (Å²) in [6, 6.07) is 13.7. The second-order valence-corrected chi connectivity index (χ2v) is 4.71. The number of hydrogen-bond acceptors (Lipinski definition) is 3. The minimum Gasteiger partial charge on any atom is -0.319 e. The molecule has 0 amide bonds. The maximum atomic E-state index is 6.40. The Bertz CT molecular complexity index is 703. The molecule has 0 saturated heterocycles. The first-order valence-corrected chi connectivity index (χ1v) is 6.53. The van der Waals surface area contributed by atoms with Gasteiger partial charge in [-0.2, -0.15) is 5.10 Å². The summed E-state index contributed by atoms with van der Waals surface area (Å²) in [5.41, 5.74) is 10.5. The predicted octanol–water partition coefficient (Wildman–Crippen LogP) is 2.62. The van der Waals surface area contributed by atoms with Crippen LogP contribution in [0.1, 0.15) is 22.9 Å². The van der Waals surface area contributed by atoms with Gasteiger partial charge in [-0.05, 0) is 42.3 Å². The SMILES string of the molecule is Cc1ccncc1C(N)c1ccnn1-c1ccccc1. The highest BCUT2D eigenvalue weighted by molar-refractivity contribution is 5.37. The van der Waals surface area contributed by atoms with Crippen LogP contribution in [0.4, 0.5) is 0 Å². The Morgan fingerprint density at radius 2 is 1.85 bits per heavy atom. The van der Waals surface area contributed by atoms with E-state index in [1.807, 2.05) is 60.3 Å². The highest BCUT2D eigenvalue weighted by atomic mass is 15.3. The molecule has 4 heteroatoms. The Morgan fingerprint density at radius 3 is 2.60 bits per heavy atom. The quantitative estimate of drug-likeness (QED) is 0.791. The molecule has 2 N–H and O–H groups in total. The number of benzene rings is 1. The first-order valence-electron chi connectivity index (χ1n) is 6.53. The van der Waals surface area contributed by atoms with E-state index in [9.17, 15) is 0 Å². The van der Waals surface area contributed by atoms with Gasteiger partial charge in [0.15, 0.2) is 0 Å². The Balaban J connectivity index is 2.04. The van der Waals surface area contributed by atoms with Crippen molar-refractivity contribution in [3.63, 3.8) is 0 Å². The minimum absolute atomic E-state index is 0.244. The van der Waals surface area contributed by atoms with Crippen molar-refractivity contribution < 1.29 is 0 Å². The fraction of sp³-hybridized carbons (Fsp3) is 0.125. The van der Waals surface area contributed by atoms with Gasteiger partial charge in [0.1, 0.15) is 0 Å². The summed E-state index contributed by atoms with van der Waals surface area (Å²) in [5, 5.41) is 4.38. The molecule has 1 unspecified atom stereocenters. The zero-order chi connectivity index (χ0) is 13.9. The van der Waals surface area contributed by atoms with Crippen LogP contribution in [0.25, 0.3) is 5.69 Å². The molecule has 0 radical (unpaired) electrons. The van der Waals surface area contributed by atoms with E-state index in [-0.39, 0.29) is 6.04 Å². The molecular formula is C16H16N4. The third kappa shape index (κ3) is 2.21. The summed E-state index contributed by atoms with van der Waals surface area (Å²) in [6.07, 6.45) is 5.37. The molecule has 2 aromatic heterocycles. The van der Waals surface area contributed by atoms with Gasteiger partial charge < -0.3 is 5.73 Å². The predicted molar refractivity (Wildman–Crippen MR) is 78.6 cm³/mol. The molecule has 3 rings (SSSR count). The average Bonchev–Trinajstić information content (AvgIpc) is 2.97. The van der Waals surface area contributed by atoms with Crippen molar-refractivity contribution in [1.29, 1.82) is 0 Å². The van der Waals surface area contributed by atoms with Gasteiger partial charge in [0.05, 0.1) is 17.4 Å². The number of aromatic nitrogens is 3. The number of nitrogens with two attached hydrogens (primary N) is 1. The van der Waals surface area contributed by atoms with E-state index in [4.69, 9.17) is 5.73 Å². The number of aryl methyl sites for hydroxylation is 1. The summed E-state index contributed by atoms with van der Waals surface area (Å²) >= 11 is 0. The summed E-state index contributed by atoms with van der Waals surface area (Å²) in [6.45, 7) is 2.04. The number of nitrogens with zero attached hydrogens (tertiary/aromatic N) is 3. The van der Waals surface area contributed by atoms with Crippen molar-refractivity contribution in [3.8, 4) is 5.69 Å². The lowest BCUT2D eigenvalue weighted by Crippen LogP contribution is -2.18. The Kier molecular flexibility index (Phi) is 3.31. The zero-order valence-electron chi connectivity index (χ0n) is 11.3. The van der Waals surface area contributed by atoms with Gasteiger partial charge in [0.2, 0.25) is 0 Å². The van der Waals surface area contributed by atoms with E-state index in [1.54, 1.807) is 12.4 Å². The van der Waals surface area contributed by atoms with Gasteiger partial charge in [-0.15, -0.1) is 0 Å². The topological polar surface area (TPSA) is 56.7 Å². The van der Waals surface area contributed by atoms with Crippen molar-refractivity contribution in [2.75, 3.05) is 0 Å². The molecule has 0 aliphatic carbocycles. The van der Waals surface area contributed by atoms with Gasteiger partial charge in [-0.3, -0.25) is 4.98 Å². The number of pyridine rings is 1. The molecule has 1 aromatic carbocycles. The molecule has 0 bridgehead atoms. The van der Waals surface area contributed by atoms with E-state index in [2.05, 4.69) is 10.1 Å². The van der Waals surface area contributed by atoms with E-state index in [1.165, 1.54) is 0 Å². The van der Waals surface area contributed by atoms with Crippen molar-refractivity contribution in [2.45, 2.75) is 13.0 Å². The van der Waals surface area contributed by atoms with Crippen LogP contribution in [0.3, 0.4) is 0 Å². The smallest absolute Gasteiger partial charge is 0.0745 e. The lowest BCUT2D eigenvalue weighted by Gasteiger charge is -2.16. The van der Waals surface area contributed by atoms with Crippen molar-refractivity contribution in [2.24, 2.45) is 5.73 Å². The number of rotatable bonds is 3. The molecule has 0 saturated carbocycles. The van der Waals surface area contributed by atoms with Crippen LogP contribution in [0, 0.1) is 6.92 Å². The van der Waals surface area contributed by atoms with Crippen LogP contribution in [0.15, 0.2) is 61.1 Å². The van der Waals surface area contributed by atoms with Crippen LogP contribution in [-0.2, 0) is 0 Å². The minimum atomic E-state index is -0.244. The zero-order valence-corrected chi connectivity index (χ0v) is 11.3. The Labute approximate surface area is 117 Å². The second-order valence-electron chi connectivity index (χ2n) is 4.71. The number of para-hydroxylation sites is 1. The summed E-state index contributed by atoms with van der Waals surface area (Å²) in [4.78, 5) is 4.17. The fourth-order valence-corrected chi connectivity index (χ4v) is 2.30. The average molecular weight is 264 g/mol. The van der Waals surface area contributed by atoms with Crippen molar-refractivity contribution in [1.82, 2.24) is 14.8 Å². The molecule has 3 aromatic rings. The fourth-order valence-electron chi connectivity index (χ4n) is 2.30. The van der Waals surface area contributed by atoms with E-state index in [0.717, 1.165) is 22.5 Å². The summed E-state index contributed by atoms with van der Waals surface area (Å²) < 4.78 is 1.87. The summed E-state index contributed by atoms with van der Waals surface area (Å²) in [5.74, 6) is 0. The monoisotopic (exact) mass is 264 g/mol. The molecular weight excluding hydrogens is 248 g/mol. The lowest BCUT2D eigenvalue weighted by molar-refractivity contribution is 0.733. The molecule has 0 aliphatic heterocycles. The maximum absolute atomic E-state index is 6.40. The number of hydrogen-bond donors (Lipinski definition) is 1. The van der Waals surface area contributed by atoms with E-state index >= 15 is 0 Å². The third-order valence-electron chi connectivity index (χ3n) is 3.41. The van der Waals surface area contributed by atoms with Crippen molar-refractivity contribution >= 4 is 0 Å². The molecule has 2 heterocycles. The van der Waals surface area contributed by atoms with Crippen LogP contribution in [0.5, 0.6) is 0 Å². The van der Waals surface area contributed by atoms with Crippen LogP contribution >= 0.6 is 0 Å². The van der Waals surface area contributed by atoms with Gasteiger partial charge in [-0.1, -0.05) is 18.2 Å². The molecule has 0 spiro atoms. The van der Waals surface area contributed by atoms with Gasteiger partial charge in [0.25, 0.3) is 0 Å². The summed E-state index contributed by atoms with van der Waals surface area (Å²) in [7, 11) is 0. The Hall–Kier alpha value is -2.46. The van der Waals surface area contributed by atoms with Gasteiger partial charge in [-0.25, -0.2) is 4.68 Å².